The van der Waals surface area contributed by atoms with E-state index in [9.17, 15) is 32.7 Å². The van der Waals surface area contributed by atoms with Crippen molar-refractivity contribution in [2.45, 2.75) is 38.5 Å². The lowest BCUT2D eigenvalue weighted by Crippen LogP contribution is -2.48. The third-order valence-corrected chi connectivity index (χ3v) is 7.49. The smallest absolute Gasteiger partial charge is 0.249 e. The predicted molar refractivity (Wildman–Crippen MR) is 139 cm³/mol. The number of methoxy groups -OCH3 is 1. The molecule has 0 saturated carbocycles. The highest BCUT2D eigenvalue weighted by atomic mass is 19.1. The van der Waals surface area contributed by atoms with E-state index in [-0.39, 0.29) is 24.9 Å². The average Bonchev–Trinajstić information content (AvgIpc) is 2.96. The van der Waals surface area contributed by atoms with Crippen molar-refractivity contribution in [1.29, 1.82) is 0 Å². The number of rotatable bonds is 8. The SMILES string of the molecule is COc1ccc2ncc(CF)c(C(O)CCC3(C(=O)NO)CCN(CC#Cc4c(F)cc(F)cc4F)CC3)c2c1. The van der Waals surface area contributed by atoms with E-state index < -0.39 is 47.1 Å². The lowest BCUT2D eigenvalue weighted by Gasteiger charge is -2.40. The van der Waals surface area contributed by atoms with Crippen LogP contribution in [-0.4, -0.2) is 52.8 Å². The second kappa shape index (κ2) is 12.6. The minimum absolute atomic E-state index is 0.111. The van der Waals surface area contributed by atoms with Gasteiger partial charge in [-0.3, -0.25) is 19.9 Å². The number of carbonyl (C=O) groups is 1. The van der Waals surface area contributed by atoms with Crippen LogP contribution in [0.15, 0.2) is 36.5 Å². The monoisotopic (exact) mass is 559 g/mol. The highest BCUT2D eigenvalue weighted by molar-refractivity contribution is 5.85. The van der Waals surface area contributed by atoms with Crippen LogP contribution >= 0.6 is 0 Å². The number of carbonyl (C=O) groups excluding carboxylic acids is 1. The summed E-state index contributed by atoms with van der Waals surface area (Å²) in [6.07, 6.45) is 1.20. The summed E-state index contributed by atoms with van der Waals surface area (Å²) in [4.78, 5) is 18.9. The molecule has 1 atom stereocenters. The van der Waals surface area contributed by atoms with E-state index >= 15 is 0 Å². The van der Waals surface area contributed by atoms with Crippen molar-refractivity contribution in [1.82, 2.24) is 15.4 Å². The fourth-order valence-electron chi connectivity index (χ4n) is 5.17. The Morgan fingerprint density at radius 2 is 1.90 bits per heavy atom. The molecule has 1 aliphatic heterocycles. The predicted octanol–water partition coefficient (Wildman–Crippen LogP) is 4.58. The van der Waals surface area contributed by atoms with Crippen molar-refractivity contribution >= 4 is 16.8 Å². The Kier molecular flexibility index (Phi) is 9.25. The molecule has 1 saturated heterocycles. The number of aliphatic hydroxyl groups is 1. The van der Waals surface area contributed by atoms with Gasteiger partial charge in [-0.25, -0.2) is 23.0 Å². The number of ether oxygens (including phenoxy) is 1. The van der Waals surface area contributed by atoms with E-state index in [2.05, 4.69) is 16.8 Å². The first-order valence-electron chi connectivity index (χ1n) is 12.7. The second-order valence-corrected chi connectivity index (χ2v) is 9.81. The topological polar surface area (TPSA) is 94.9 Å². The van der Waals surface area contributed by atoms with Crippen LogP contribution in [0.2, 0.25) is 0 Å². The number of hydroxylamine groups is 1. The molecule has 1 unspecified atom stereocenters. The van der Waals surface area contributed by atoms with E-state index in [1.165, 1.54) is 13.3 Å². The van der Waals surface area contributed by atoms with Gasteiger partial charge in [-0.1, -0.05) is 11.8 Å². The molecular weight excluding hydrogens is 530 g/mol. The number of benzene rings is 2. The molecule has 1 fully saturated rings. The minimum Gasteiger partial charge on any atom is -0.497 e. The number of halogens is 4. The number of likely N-dealkylation sites (tertiary alicyclic amines) is 1. The molecule has 0 spiro atoms. The molecule has 0 bridgehead atoms. The van der Waals surface area contributed by atoms with Gasteiger partial charge in [0.1, 0.15) is 29.9 Å². The summed E-state index contributed by atoms with van der Waals surface area (Å²) >= 11 is 0. The van der Waals surface area contributed by atoms with Crippen LogP contribution in [-0.2, 0) is 11.5 Å². The average molecular weight is 560 g/mol. The van der Waals surface area contributed by atoms with Gasteiger partial charge in [-0.05, 0) is 49.4 Å². The fourth-order valence-corrected chi connectivity index (χ4v) is 5.17. The zero-order valence-corrected chi connectivity index (χ0v) is 21.8. The summed E-state index contributed by atoms with van der Waals surface area (Å²) in [5, 5.41) is 21.2. The first kappa shape index (κ1) is 29.3. The van der Waals surface area contributed by atoms with Crippen molar-refractivity contribution in [3.05, 3.63) is 70.7 Å². The van der Waals surface area contributed by atoms with Crippen LogP contribution in [0.5, 0.6) is 5.75 Å². The summed E-state index contributed by atoms with van der Waals surface area (Å²) in [6, 6.07) is 6.23. The number of nitrogens with one attached hydrogen (secondary N) is 1. The summed E-state index contributed by atoms with van der Waals surface area (Å²) in [6.45, 7) is 0.0896. The summed E-state index contributed by atoms with van der Waals surface area (Å²) in [7, 11) is 1.50. The number of amides is 1. The molecule has 11 heteroatoms. The van der Waals surface area contributed by atoms with Crippen LogP contribution in [0.25, 0.3) is 10.9 Å². The lowest BCUT2D eigenvalue weighted by atomic mass is 9.73. The highest BCUT2D eigenvalue weighted by Gasteiger charge is 2.41. The van der Waals surface area contributed by atoms with Gasteiger partial charge in [0.15, 0.2) is 0 Å². The maximum Gasteiger partial charge on any atom is 0.249 e. The Hall–Kier alpha value is -3.72. The molecule has 7 nitrogen and oxygen atoms in total. The summed E-state index contributed by atoms with van der Waals surface area (Å²) in [5.41, 5.74) is 1.37. The van der Waals surface area contributed by atoms with Crippen molar-refractivity contribution in [3.8, 4) is 17.6 Å². The normalized spacial score (nSPS) is 15.8. The molecule has 0 radical (unpaired) electrons. The van der Waals surface area contributed by atoms with E-state index in [4.69, 9.17) is 4.74 Å². The van der Waals surface area contributed by atoms with Gasteiger partial charge in [0.05, 0.1) is 36.3 Å². The quantitative estimate of drug-likeness (QED) is 0.162. The van der Waals surface area contributed by atoms with Gasteiger partial charge < -0.3 is 9.84 Å². The zero-order valence-electron chi connectivity index (χ0n) is 21.8. The van der Waals surface area contributed by atoms with Gasteiger partial charge in [0, 0.05) is 42.4 Å². The summed E-state index contributed by atoms with van der Waals surface area (Å²) in [5.74, 6) is 1.81. The number of hydrogen-bond acceptors (Lipinski definition) is 6. The molecule has 0 aliphatic carbocycles. The Labute approximate surface area is 228 Å². The molecule has 4 rings (SSSR count). The second-order valence-electron chi connectivity index (χ2n) is 9.81. The van der Waals surface area contributed by atoms with Crippen LogP contribution in [0.4, 0.5) is 17.6 Å². The van der Waals surface area contributed by atoms with Gasteiger partial charge in [-0.2, -0.15) is 0 Å². The molecule has 1 aromatic heterocycles. The van der Waals surface area contributed by atoms with Crippen LogP contribution in [0, 0.1) is 34.7 Å². The van der Waals surface area contributed by atoms with Crippen LogP contribution < -0.4 is 10.2 Å². The number of aliphatic hydroxyl groups excluding tert-OH is 1. The number of piperidine rings is 1. The van der Waals surface area contributed by atoms with Gasteiger partial charge in [-0.15, -0.1) is 0 Å². The number of hydrogen-bond donors (Lipinski definition) is 3. The molecule has 3 N–H and O–H groups in total. The third kappa shape index (κ3) is 6.20. The van der Waals surface area contributed by atoms with Crippen molar-refractivity contribution < 1.29 is 37.4 Å². The lowest BCUT2D eigenvalue weighted by molar-refractivity contribution is -0.143. The number of alkyl halides is 1. The standard InChI is InChI=1S/C29H29F4N3O4/c1-40-20-4-5-25-22(15-20)27(18(16-30)17-34-25)26(37)6-7-29(28(38)35-39)8-11-36(12-9-29)10-2-3-21-23(32)13-19(31)14-24(21)33/h4-5,13-15,17,26,37,39H,6-12,16H2,1H3,(H,35,38). The first-order chi connectivity index (χ1) is 19.2. The molecule has 212 valence electrons. The third-order valence-electron chi connectivity index (χ3n) is 7.49. The van der Waals surface area contributed by atoms with E-state index in [1.54, 1.807) is 23.7 Å². The van der Waals surface area contributed by atoms with Crippen LogP contribution in [0.1, 0.15) is 48.5 Å². The number of pyridine rings is 1. The number of fused-ring (bicyclic) bond motifs is 1. The zero-order chi connectivity index (χ0) is 28.9. The van der Waals surface area contributed by atoms with Crippen molar-refractivity contribution in [3.63, 3.8) is 0 Å². The molecule has 3 aromatic rings. The fraction of sp³-hybridized carbons (Fsp3) is 0.379. The Morgan fingerprint density at radius 3 is 2.52 bits per heavy atom. The van der Waals surface area contributed by atoms with Crippen molar-refractivity contribution in [2.24, 2.45) is 5.41 Å². The van der Waals surface area contributed by atoms with Gasteiger partial charge >= 0.3 is 0 Å². The molecule has 1 aliphatic rings. The highest BCUT2D eigenvalue weighted by Crippen LogP contribution is 2.40. The Morgan fingerprint density at radius 1 is 1.20 bits per heavy atom. The first-order valence-corrected chi connectivity index (χ1v) is 12.7. The van der Waals surface area contributed by atoms with Gasteiger partial charge in [0.2, 0.25) is 5.91 Å². The largest absolute Gasteiger partial charge is 0.497 e. The molecule has 2 aromatic carbocycles. The number of nitrogens with zero attached hydrogens (tertiary/aromatic N) is 2. The minimum atomic E-state index is -1.11. The molecular formula is C29H29F4N3O4. The van der Waals surface area contributed by atoms with Gasteiger partial charge in [0.25, 0.3) is 0 Å². The van der Waals surface area contributed by atoms with Crippen LogP contribution in [0.3, 0.4) is 0 Å². The molecule has 1 amide bonds. The number of aromatic nitrogens is 1. The van der Waals surface area contributed by atoms with E-state index in [1.807, 2.05) is 4.90 Å². The van der Waals surface area contributed by atoms with E-state index in [0.717, 1.165) is 0 Å². The maximum absolute atomic E-state index is 13.9. The molecule has 40 heavy (non-hydrogen) atoms. The summed E-state index contributed by atoms with van der Waals surface area (Å²) < 4.78 is 59.9. The van der Waals surface area contributed by atoms with E-state index in [0.29, 0.717) is 60.3 Å². The van der Waals surface area contributed by atoms with Crippen molar-refractivity contribution in [2.75, 3.05) is 26.7 Å². The Bertz CT molecular complexity index is 1420. The Balaban J connectivity index is 1.47. The molecule has 2 heterocycles. The maximum atomic E-state index is 13.9.